The summed E-state index contributed by atoms with van der Waals surface area (Å²) in [5.74, 6) is 0. The van der Waals surface area contributed by atoms with Crippen molar-refractivity contribution >= 4 is 11.4 Å². The first-order chi connectivity index (χ1) is 14.9. The van der Waals surface area contributed by atoms with Crippen LogP contribution in [-0.2, 0) is 0 Å². The fourth-order valence-electron chi connectivity index (χ4n) is 4.85. The number of benzene rings is 3. The van der Waals surface area contributed by atoms with E-state index in [1.807, 2.05) is 0 Å². The number of anilines is 1. The van der Waals surface area contributed by atoms with Crippen LogP contribution in [0.4, 0.5) is 5.69 Å². The molecule has 3 aromatic carbocycles. The van der Waals surface area contributed by atoms with Gasteiger partial charge in [-0.1, -0.05) is 98.1 Å². The maximum absolute atomic E-state index is 5.22. The maximum atomic E-state index is 5.22. The topological polar surface area (TPSA) is 27.6 Å². The first-order valence-electron chi connectivity index (χ1n) is 11.2. The van der Waals surface area contributed by atoms with E-state index in [0.717, 1.165) is 11.4 Å². The molecule has 2 unspecified atom stereocenters. The number of nitrogens with one attached hydrogen (secondary N) is 1. The molecule has 1 aliphatic heterocycles. The molecule has 30 heavy (non-hydrogen) atoms. The second-order valence-corrected chi connectivity index (χ2v) is 8.37. The highest BCUT2D eigenvalue weighted by atomic mass is 15.5. The Balaban J connectivity index is 1.59. The van der Waals surface area contributed by atoms with Crippen LogP contribution in [-0.4, -0.2) is 17.8 Å². The summed E-state index contributed by atoms with van der Waals surface area (Å²) in [5.41, 5.74) is 4.76. The predicted molar refractivity (Wildman–Crippen MR) is 125 cm³/mol. The number of para-hydroxylation sites is 1. The zero-order chi connectivity index (χ0) is 20.2. The van der Waals surface area contributed by atoms with Crippen molar-refractivity contribution in [3.05, 3.63) is 102 Å². The SMILES string of the molecule is c1ccc(C2=NN(c3ccccc3)C(c3ccccc3)C2NC2CCCCC2)cc1. The molecule has 5 rings (SSSR count). The minimum absolute atomic E-state index is 0.130. The van der Waals surface area contributed by atoms with Gasteiger partial charge in [-0.2, -0.15) is 5.10 Å². The molecule has 3 heteroatoms. The third-order valence-corrected chi connectivity index (χ3v) is 6.34. The van der Waals surface area contributed by atoms with Gasteiger partial charge in [0.25, 0.3) is 0 Å². The van der Waals surface area contributed by atoms with E-state index in [4.69, 9.17) is 5.10 Å². The zero-order valence-electron chi connectivity index (χ0n) is 17.3. The first kappa shape index (κ1) is 19.1. The van der Waals surface area contributed by atoms with Crippen LogP contribution in [0.5, 0.6) is 0 Å². The Kier molecular flexibility index (Phi) is 5.62. The van der Waals surface area contributed by atoms with Crippen LogP contribution in [0.1, 0.15) is 49.3 Å². The molecule has 0 spiro atoms. The second-order valence-electron chi connectivity index (χ2n) is 8.37. The quantitative estimate of drug-likeness (QED) is 0.579. The third-order valence-electron chi connectivity index (χ3n) is 6.34. The van der Waals surface area contributed by atoms with Crippen molar-refractivity contribution in [1.82, 2.24) is 5.32 Å². The van der Waals surface area contributed by atoms with Gasteiger partial charge in [-0.15, -0.1) is 0 Å². The lowest BCUT2D eigenvalue weighted by molar-refractivity contribution is 0.348. The molecule has 0 bridgehead atoms. The standard InChI is InChI=1S/C27H29N3/c1-5-13-21(14-6-1)25-26(28-23-17-9-3-10-18-23)27(22-15-7-2-8-16-22)30(29-25)24-19-11-4-12-20-24/h1-2,4-8,11-16,19-20,23,26-28H,3,9-10,17-18H2. The molecule has 1 aliphatic carbocycles. The molecule has 3 aromatic rings. The first-order valence-corrected chi connectivity index (χ1v) is 11.2. The average molecular weight is 396 g/mol. The zero-order valence-corrected chi connectivity index (χ0v) is 17.3. The molecule has 0 saturated heterocycles. The summed E-state index contributed by atoms with van der Waals surface area (Å²) in [4.78, 5) is 0. The van der Waals surface area contributed by atoms with Crippen LogP contribution in [0.3, 0.4) is 0 Å². The molecule has 2 aliphatic rings. The van der Waals surface area contributed by atoms with Crippen LogP contribution in [0.15, 0.2) is 96.1 Å². The van der Waals surface area contributed by atoms with Gasteiger partial charge >= 0.3 is 0 Å². The van der Waals surface area contributed by atoms with Crippen LogP contribution in [0.2, 0.25) is 0 Å². The fraction of sp³-hybridized carbons (Fsp3) is 0.296. The monoisotopic (exact) mass is 395 g/mol. The van der Waals surface area contributed by atoms with Gasteiger partial charge in [-0.25, -0.2) is 0 Å². The summed E-state index contributed by atoms with van der Waals surface area (Å²) in [5, 5.41) is 11.5. The van der Waals surface area contributed by atoms with Gasteiger partial charge in [0, 0.05) is 6.04 Å². The Morgan fingerprint density at radius 1 is 0.700 bits per heavy atom. The molecule has 1 saturated carbocycles. The van der Waals surface area contributed by atoms with Crippen LogP contribution in [0.25, 0.3) is 0 Å². The molecule has 152 valence electrons. The number of rotatable bonds is 5. The van der Waals surface area contributed by atoms with Crippen molar-refractivity contribution in [1.29, 1.82) is 0 Å². The average Bonchev–Trinajstić information content (AvgIpc) is 3.20. The third kappa shape index (κ3) is 3.90. The fourth-order valence-corrected chi connectivity index (χ4v) is 4.85. The van der Waals surface area contributed by atoms with E-state index in [2.05, 4.69) is 101 Å². The van der Waals surface area contributed by atoms with E-state index in [-0.39, 0.29) is 12.1 Å². The van der Waals surface area contributed by atoms with Crippen molar-refractivity contribution in [3.8, 4) is 0 Å². The number of hydrogen-bond acceptors (Lipinski definition) is 3. The van der Waals surface area contributed by atoms with Gasteiger partial charge < -0.3 is 5.32 Å². The highest BCUT2D eigenvalue weighted by Gasteiger charge is 2.40. The minimum atomic E-state index is 0.130. The van der Waals surface area contributed by atoms with E-state index >= 15 is 0 Å². The van der Waals surface area contributed by atoms with Crippen LogP contribution < -0.4 is 10.3 Å². The number of hydrazone groups is 1. The highest BCUT2D eigenvalue weighted by molar-refractivity contribution is 6.07. The second kappa shape index (κ2) is 8.85. The van der Waals surface area contributed by atoms with Gasteiger partial charge in [-0.3, -0.25) is 5.01 Å². The molecule has 1 heterocycles. The lowest BCUT2D eigenvalue weighted by atomic mass is 9.89. The van der Waals surface area contributed by atoms with Crippen LogP contribution in [0, 0.1) is 0 Å². The lowest BCUT2D eigenvalue weighted by Crippen LogP contribution is -2.47. The van der Waals surface area contributed by atoms with Crippen molar-refractivity contribution in [2.24, 2.45) is 5.10 Å². The van der Waals surface area contributed by atoms with E-state index < -0.39 is 0 Å². The normalized spacial score (nSPS) is 22.1. The molecular formula is C27H29N3. The van der Waals surface area contributed by atoms with Crippen molar-refractivity contribution in [3.63, 3.8) is 0 Å². The van der Waals surface area contributed by atoms with Gasteiger partial charge in [-0.05, 0) is 36.1 Å². The molecule has 3 nitrogen and oxygen atoms in total. The molecule has 1 fully saturated rings. The summed E-state index contributed by atoms with van der Waals surface area (Å²) in [6.07, 6.45) is 6.51. The van der Waals surface area contributed by atoms with Gasteiger partial charge in [0.05, 0.1) is 23.5 Å². The Bertz CT molecular complexity index is 963. The maximum Gasteiger partial charge on any atom is 0.0986 e. The molecule has 0 amide bonds. The van der Waals surface area contributed by atoms with Crippen molar-refractivity contribution in [2.45, 2.75) is 50.2 Å². The van der Waals surface area contributed by atoms with Gasteiger partial charge in [0.2, 0.25) is 0 Å². The smallest absolute Gasteiger partial charge is 0.0986 e. The number of nitrogens with zero attached hydrogens (tertiary/aromatic N) is 2. The number of hydrogen-bond donors (Lipinski definition) is 1. The van der Waals surface area contributed by atoms with E-state index in [1.165, 1.54) is 43.2 Å². The summed E-state index contributed by atoms with van der Waals surface area (Å²) in [6.45, 7) is 0. The lowest BCUT2D eigenvalue weighted by Gasteiger charge is -2.33. The summed E-state index contributed by atoms with van der Waals surface area (Å²) >= 11 is 0. The molecule has 1 N–H and O–H groups in total. The Morgan fingerprint density at radius 2 is 1.30 bits per heavy atom. The minimum Gasteiger partial charge on any atom is -0.304 e. The molecule has 2 atom stereocenters. The van der Waals surface area contributed by atoms with Crippen molar-refractivity contribution < 1.29 is 0 Å². The molecule has 0 radical (unpaired) electrons. The molecular weight excluding hydrogens is 366 g/mol. The van der Waals surface area contributed by atoms with E-state index in [9.17, 15) is 0 Å². The van der Waals surface area contributed by atoms with E-state index in [1.54, 1.807) is 0 Å². The Labute approximate surface area is 179 Å². The van der Waals surface area contributed by atoms with Crippen molar-refractivity contribution in [2.75, 3.05) is 5.01 Å². The summed E-state index contributed by atoms with van der Waals surface area (Å²) in [6, 6.07) is 32.9. The largest absolute Gasteiger partial charge is 0.304 e. The summed E-state index contributed by atoms with van der Waals surface area (Å²) < 4.78 is 0. The van der Waals surface area contributed by atoms with Crippen LogP contribution >= 0.6 is 0 Å². The predicted octanol–water partition coefficient (Wildman–Crippen LogP) is 5.94. The van der Waals surface area contributed by atoms with E-state index in [0.29, 0.717) is 6.04 Å². The summed E-state index contributed by atoms with van der Waals surface area (Å²) in [7, 11) is 0. The molecule has 0 aromatic heterocycles. The highest BCUT2D eigenvalue weighted by Crippen LogP contribution is 2.37. The Hall–Kier alpha value is -2.91. The Morgan fingerprint density at radius 3 is 1.97 bits per heavy atom. The van der Waals surface area contributed by atoms with Gasteiger partial charge in [0.1, 0.15) is 0 Å². The van der Waals surface area contributed by atoms with Gasteiger partial charge in [0.15, 0.2) is 0 Å².